The van der Waals surface area contributed by atoms with Crippen LogP contribution in [0.3, 0.4) is 0 Å². The Morgan fingerprint density at radius 1 is 1.00 bits per heavy atom. The maximum absolute atomic E-state index is 4.33. The fraction of sp³-hybridized carbons (Fsp3) is 0.214. The zero-order chi connectivity index (χ0) is 11.5. The molecule has 0 aliphatic carbocycles. The Morgan fingerprint density at radius 3 is 2.50 bits per heavy atom. The minimum atomic E-state index is 0.925. The number of anilines is 2. The molecule has 0 atom stereocenters. The molecule has 0 unspecified atom stereocenters. The topological polar surface area (TPSA) is 24.9 Å². The van der Waals surface area contributed by atoms with Crippen molar-refractivity contribution in [3.63, 3.8) is 0 Å². The summed E-state index contributed by atoms with van der Waals surface area (Å²) >= 11 is 0. The van der Waals surface area contributed by atoms with Crippen LogP contribution in [0.25, 0.3) is 0 Å². The van der Waals surface area contributed by atoms with Crippen LogP contribution in [0.5, 0.6) is 0 Å². The Bertz CT molecular complexity index is 504. The highest BCUT2D eigenvalue weighted by Gasteiger charge is 2.01. The van der Waals surface area contributed by atoms with E-state index in [9.17, 15) is 0 Å². The normalized spacial score (nSPS) is 10.2. The first-order valence-electron chi connectivity index (χ1n) is 5.43. The van der Waals surface area contributed by atoms with E-state index in [1.165, 1.54) is 11.1 Å². The average Bonchev–Trinajstić information content (AvgIpc) is 2.25. The van der Waals surface area contributed by atoms with E-state index in [-0.39, 0.29) is 0 Å². The van der Waals surface area contributed by atoms with Crippen LogP contribution in [0.4, 0.5) is 11.5 Å². The second-order valence-corrected chi connectivity index (χ2v) is 4.11. The summed E-state index contributed by atoms with van der Waals surface area (Å²) in [6, 6.07) is 10.4. The summed E-state index contributed by atoms with van der Waals surface area (Å²) in [6.07, 6.45) is 1.80. The van der Waals surface area contributed by atoms with Gasteiger partial charge in [-0.1, -0.05) is 23.8 Å². The highest BCUT2D eigenvalue weighted by molar-refractivity contribution is 5.62. The fourth-order valence-electron chi connectivity index (χ4n) is 1.70. The van der Waals surface area contributed by atoms with Gasteiger partial charge in [-0.15, -0.1) is 0 Å². The molecule has 0 aliphatic heterocycles. The van der Waals surface area contributed by atoms with Gasteiger partial charge in [-0.05, 0) is 44.0 Å². The molecule has 0 radical (unpaired) electrons. The molecule has 2 rings (SSSR count). The number of nitrogens with zero attached hydrogens (tertiary/aromatic N) is 1. The van der Waals surface area contributed by atoms with Crippen molar-refractivity contribution in [1.82, 2.24) is 4.98 Å². The van der Waals surface area contributed by atoms with E-state index < -0.39 is 0 Å². The van der Waals surface area contributed by atoms with E-state index in [4.69, 9.17) is 0 Å². The number of benzene rings is 1. The molecule has 0 aliphatic rings. The molecule has 0 saturated heterocycles. The van der Waals surface area contributed by atoms with Crippen molar-refractivity contribution >= 4 is 11.5 Å². The minimum Gasteiger partial charge on any atom is -0.340 e. The molecule has 0 saturated carbocycles. The lowest BCUT2D eigenvalue weighted by molar-refractivity contribution is 1.24. The van der Waals surface area contributed by atoms with Crippen LogP contribution in [-0.2, 0) is 0 Å². The van der Waals surface area contributed by atoms with Crippen molar-refractivity contribution in [1.29, 1.82) is 0 Å². The third kappa shape index (κ3) is 2.22. The second kappa shape index (κ2) is 4.35. The summed E-state index contributed by atoms with van der Waals surface area (Å²) < 4.78 is 0. The van der Waals surface area contributed by atoms with Crippen LogP contribution in [0.2, 0.25) is 0 Å². The lowest BCUT2D eigenvalue weighted by atomic mass is 10.1. The molecular formula is C14H16N2. The van der Waals surface area contributed by atoms with Crippen LogP contribution >= 0.6 is 0 Å². The standard InChI is InChI=1S/C14H16N2/c1-10-6-7-13(12(3)9-10)16-14-11(2)5-4-8-15-14/h4-9H,1-3H3,(H,15,16). The molecule has 2 nitrogen and oxygen atoms in total. The largest absolute Gasteiger partial charge is 0.340 e. The molecule has 0 bridgehead atoms. The van der Waals surface area contributed by atoms with Crippen LogP contribution in [0.15, 0.2) is 36.5 Å². The molecule has 1 heterocycles. The van der Waals surface area contributed by atoms with Gasteiger partial charge in [0.2, 0.25) is 0 Å². The molecule has 82 valence electrons. The summed E-state index contributed by atoms with van der Waals surface area (Å²) in [5.41, 5.74) is 4.79. The lowest BCUT2D eigenvalue weighted by Crippen LogP contribution is -1.97. The molecule has 0 fully saturated rings. The van der Waals surface area contributed by atoms with Gasteiger partial charge in [-0.3, -0.25) is 0 Å². The van der Waals surface area contributed by atoms with E-state index in [1.54, 1.807) is 6.20 Å². The van der Waals surface area contributed by atoms with Crippen LogP contribution in [0.1, 0.15) is 16.7 Å². The van der Waals surface area contributed by atoms with Gasteiger partial charge in [0, 0.05) is 11.9 Å². The molecule has 2 aromatic rings. The Hall–Kier alpha value is -1.83. The maximum atomic E-state index is 4.33. The predicted octanol–water partition coefficient (Wildman–Crippen LogP) is 3.75. The monoisotopic (exact) mass is 212 g/mol. The number of aromatic nitrogens is 1. The highest BCUT2D eigenvalue weighted by Crippen LogP contribution is 2.21. The fourth-order valence-corrected chi connectivity index (χ4v) is 1.70. The number of hydrogen-bond donors (Lipinski definition) is 1. The highest BCUT2D eigenvalue weighted by atomic mass is 15.0. The van der Waals surface area contributed by atoms with Gasteiger partial charge >= 0.3 is 0 Å². The summed E-state index contributed by atoms with van der Waals surface area (Å²) in [5.74, 6) is 0.925. The van der Waals surface area contributed by atoms with Crippen LogP contribution in [-0.4, -0.2) is 4.98 Å². The zero-order valence-corrected chi connectivity index (χ0v) is 9.91. The zero-order valence-electron chi connectivity index (χ0n) is 9.91. The van der Waals surface area contributed by atoms with Gasteiger partial charge in [-0.2, -0.15) is 0 Å². The van der Waals surface area contributed by atoms with Gasteiger partial charge in [0.05, 0.1) is 0 Å². The van der Waals surface area contributed by atoms with Gasteiger partial charge in [0.1, 0.15) is 5.82 Å². The molecule has 2 heteroatoms. The van der Waals surface area contributed by atoms with E-state index in [0.29, 0.717) is 0 Å². The third-order valence-electron chi connectivity index (χ3n) is 2.64. The number of pyridine rings is 1. The average molecular weight is 212 g/mol. The number of rotatable bonds is 2. The van der Waals surface area contributed by atoms with Gasteiger partial charge in [0.25, 0.3) is 0 Å². The molecule has 16 heavy (non-hydrogen) atoms. The molecule has 0 spiro atoms. The third-order valence-corrected chi connectivity index (χ3v) is 2.64. The Labute approximate surface area is 96.4 Å². The van der Waals surface area contributed by atoms with Crippen LogP contribution < -0.4 is 5.32 Å². The second-order valence-electron chi connectivity index (χ2n) is 4.11. The summed E-state index contributed by atoms with van der Waals surface area (Å²) in [6.45, 7) is 6.26. The minimum absolute atomic E-state index is 0.925. The number of aryl methyl sites for hydroxylation is 3. The smallest absolute Gasteiger partial charge is 0.133 e. The number of hydrogen-bond acceptors (Lipinski definition) is 2. The summed E-state index contributed by atoms with van der Waals surface area (Å²) in [5, 5.41) is 3.36. The van der Waals surface area contributed by atoms with Crippen molar-refractivity contribution in [2.24, 2.45) is 0 Å². The Kier molecular flexibility index (Phi) is 2.91. The first kappa shape index (κ1) is 10.7. The maximum Gasteiger partial charge on any atom is 0.133 e. The van der Waals surface area contributed by atoms with Gasteiger partial charge in [0.15, 0.2) is 0 Å². The van der Waals surface area contributed by atoms with Gasteiger partial charge < -0.3 is 5.32 Å². The number of nitrogens with one attached hydrogen (secondary N) is 1. The molecule has 1 aromatic heterocycles. The SMILES string of the molecule is Cc1ccc(Nc2ncccc2C)c(C)c1. The van der Waals surface area contributed by atoms with E-state index in [2.05, 4.69) is 55.3 Å². The van der Waals surface area contributed by atoms with E-state index >= 15 is 0 Å². The Morgan fingerprint density at radius 2 is 1.81 bits per heavy atom. The van der Waals surface area contributed by atoms with Crippen molar-refractivity contribution in [3.05, 3.63) is 53.2 Å². The van der Waals surface area contributed by atoms with E-state index in [1.807, 2.05) is 6.07 Å². The van der Waals surface area contributed by atoms with Crippen LogP contribution in [0, 0.1) is 20.8 Å². The van der Waals surface area contributed by atoms with Crippen molar-refractivity contribution < 1.29 is 0 Å². The first-order chi connectivity index (χ1) is 7.66. The predicted molar refractivity (Wildman–Crippen MR) is 68.2 cm³/mol. The Balaban J connectivity index is 2.31. The molecule has 0 amide bonds. The summed E-state index contributed by atoms with van der Waals surface area (Å²) in [4.78, 5) is 4.33. The molecule has 1 N–H and O–H groups in total. The molecule has 1 aromatic carbocycles. The van der Waals surface area contributed by atoms with Crippen molar-refractivity contribution in [2.45, 2.75) is 20.8 Å². The van der Waals surface area contributed by atoms with E-state index in [0.717, 1.165) is 17.1 Å². The van der Waals surface area contributed by atoms with Crippen molar-refractivity contribution in [3.8, 4) is 0 Å². The van der Waals surface area contributed by atoms with Gasteiger partial charge in [-0.25, -0.2) is 4.98 Å². The summed E-state index contributed by atoms with van der Waals surface area (Å²) in [7, 11) is 0. The van der Waals surface area contributed by atoms with Crippen molar-refractivity contribution in [2.75, 3.05) is 5.32 Å². The molecular weight excluding hydrogens is 196 g/mol. The lowest BCUT2D eigenvalue weighted by Gasteiger charge is -2.11. The quantitative estimate of drug-likeness (QED) is 0.820. The first-order valence-corrected chi connectivity index (χ1v) is 5.43.